The number of amides is 1. The van der Waals surface area contributed by atoms with E-state index in [4.69, 9.17) is 5.26 Å². The lowest BCUT2D eigenvalue weighted by Gasteiger charge is -2.33. The molecule has 30 heavy (non-hydrogen) atoms. The number of anilines is 3. The maximum atomic E-state index is 14.4. The molecule has 1 fully saturated rings. The van der Waals surface area contributed by atoms with Gasteiger partial charge in [-0.2, -0.15) is 20.3 Å². The summed E-state index contributed by atoms with van der Waals surface area (Å²) in [5.41, 5.74) is 1.09. The Balaban J connectivity index is 1.58. The highest BCUT2D eigenvalue weighted by Gasteiger charge is 2.25. The van der Waals surface area contributed by atoms with E-state index < -0.39 is 5.82 Å². The van der Waals surface area contributed by atoms with Crippen LogP contribution in [0.25, 0.3) is 11.0 Å². The van der Waals surface area contributed by atoms with Gasteiger partial charge in [0.1, 0.15) is 17.9 Å². The van der Waals surface area contributed by atoms with Gasteiger partial charge < -0.3 is 20.5 Å². The number of aromatic amines is 1. The smallest absolute Gasteiger partial charge is 0.236 e. The zero-order valence-electron chi connectivity index (χ0n) is 16.5. The van der Waals surface area contributed by atoms with Gasteiger partial charge in [-0.15, -0.1) is 0 Å². The second-order valence-corrected chi connectivity index (χ2v) is 7.12. The molecule has 0 saturated carbocycles. The Morgan fingerprint density at radius 3 is 3.10 bits per heavy atom. The number of fused-ring (bicyclic) bond motifs is 1. The van der Waals surface area contributed by atoms with E-state index in [0.29, 0.717) is 30.5 Å². The predicted octanol–water partition coefficient (Wildman–Crippen LogP) is 2.37. The molecule has 11 heteroatoms. The predicted molar refractivity (Wildman–Crippen MR) is 108 cm³/mol. The van der Waals surface area contributed by atoms with Gasteiger partial charge in [-0.25, -0.2) is 4.39 Å². The van der Waals surface area contributed by atoms with Crippen molar-refractivity contribution in [1.29, 1.82) is 5.26 Å². The third kappa shape index (κ3) is 4.03. The normalized spacial score (nSPS) is 16.4. The maximum Gasteiger partial charge on any atom is 0.236 e. The number of rotatable bonds is 6. The molecule has 10 nitrogen and oxygen atoms in total. The molecule has 3 N–H and O–H groups in total. The highest BCUT2D eigenvalue weighted by atomic mass is 19.1. The Hall–Kier alpha value is -3.68. The highest BCUT2D eigenvalue weighted by molar-refractivity contribution is 5.89. The summed E-state index contributed by atoms with van der Waals surface area (Å²) in [6, 6.07) is 1.79. The van der Waals surface area contributed by atoms with E-state index in [9.17, 15) is 9.18 Å². The number of hydrogen-bond acceptors (Lipinski definition) is 7. The molecule has 0 bridgehead atoms. The fourth-order valence-corrected chi connectivity index (χ4v) is 3.58. The summed E-state index contributed by atoms with van der Waals surface area (Å²) in [5, 5.41) is 19.6. The van der Waals surface area contributed by atoms with Crippen LogP contribution in [0.2, 0.25) is 0 Å². The Labute approximate surface area is 172 Å². The minimum Gasteiger partial charge on any atom is -0.365 e. The molecule has 4 heterocycles. The van der Waals surface area contributed by atoms with Crippen LogP contribution >= 0.6 is 0 Å². The highest BCUT2D eigenvalue weighted by Crippen LogP contribution is 2.27. The van der Waals surface area contributed by atoms with Gasteiger partial charge in [-0.3, -0.25) is 9.48 Å². The molecule has 3 aromatic rings. The molecule has 0 spiro atoms. The van der Waals surface area contributed by atoms with Crippen LogP contribution in [-0.2, 0) is 11.3 Å². The van der Waals surface area contributed by atoms with Crippen LogP contribution in [0.1, 0.15) is 26.2 Å². The van der Waals surface area contributed by atoms with Crippen molar-refractivity contribution in [2.75, 3.05) is 23.7 Å². The lowest BCUT2D eigenvalue weighted by atomic mass is 10.1. The maximum absolute atomic E-state index is 14.4. The van der Waals surface area contributed by atoms with Crippen LogP contribution < -0.4 is 10.6 Å². The van der Waals surface area contributed by atoms with Crippen molar-refractivity contribution >= 4 is 34.4 Å². The summed E-state index contributed by atoms with van der Waals surface area (Å²) in [4.78, 5) is 25.4. The second kappa shape index (κ2) is 8.36. The summed E-state index contributed by atoms with van der Waals surface area (Å²) < 4.78 is 16.2. The van der Waals surface area contributed by atoms with E-state index in [1.54, 1.807) is 15.8 Å². The number of hydrogen-bond donors (Lipinski definition) is 3. The van der Waals surface area contributed by atoms with Crippen molar-refractivity contribution in [3.05, 3.63) is 24.4 Å². The quantitative estimate of drug-likeness (QED) is 0.568. The SMILES string of the molecule is CCn1cc(Nc2nc(N[C@@H]3CCCN(C(=O)CC#N)C3)c3c(F)c[nH]c3n2)cn1. The van der Waals surface area contributed by atoms with Crippen molar-refractivity contribution in [2.45, 2.75) is 38.8 Å². The topological polar surface area (TPSA) is 128 Å². The van der Waals surface area contributed by atoms with Crippen molar-refractivity contribution in [3.63, 3.8) is 0 Å². The third-order valence-electron chi connectivity index (χ3n) is 5.04. The standard InChI is InChI=1S/C19H22FN9O/c1-2-29-11-13(8-23-29)25-19-26-17-16(14(20)9-22-17)18(27-19)24-12-4-3-7-28(10-12)15(30)5-6-21/h8-9,11-12H,2-5,7,10H2,1H3,(H3,22,24,25,26,27)/t12-/m1/s1. The van der Waals surface area contributed by atoms with E-state index in [-0.39, 0.29) is 23.8 Å². The molecule has 0 unspecified atom stereocenters. The number of nitrogens with zero attached hydrogens (tertiary/aromatic N) is 6. The van der Waals surface area contributed by atoms with Gasteiger partial charge in [0.2, 0.25) is 11.9 Å². The van der Waals surface area contributed by atoms with Gasteiger partial charge in [0.05, 0.1) is 23.3 Å². The summed E-state index contributed by atoms with van der Waals surface area (Å²) in [6.07, 6.45) is 6.19. The zero-order valence-corrected chi connectivity index (χ0v) is 16.5. The zero-order chi connectivity index (χ0) is 21.1. The molecule has 1 amide bonds. The van der Waals surface area contributed by atoms with Gasteiger partial charge in [0, 0.05) is 38.1 Å². The summed E-state index contributed by atoms with van der Waals surface area (Å²) >= 11 is 0. The van der Waals surface area contributed by atoms with Gasteiger partial charge in [-0.05, 0) is 19.8 Å². The number of piperidine rings is 1. The van der Waals surface area contributed by atoms with Gasteiger partial charge in [0.25, 0.3) is 0 Å². The van der Waals surface area contributed by atoms with E-state index in [2.05, 4.69) is 30.7 Å². The Morgan fingerprint density at radius 1 is 1.47 bits per heavy atom. The first-order chi connectivity index (χ1) is 14.6. The van der Waals surface area contributed by atoms with Crippen molar-refractivity contribution in [1.82, 2.24) is 29.6 Å². The molecular formula is C19H22FN9O. The first kappa shape index (κ1) is 19.6. The first-order valence-corrected chi connectivity index (χ1v) is 9.82. The minimum atomic E-state index is -0.453. The van der Waals surface area contributed by atoms with Crippen LogP contribution in [0.5, 0.6) is 0 Å². The monoisotopic (exact) mass is 411 g/mol. The molecule has 0 radical (unpaired) electrons. The van der Waals surface area contributed by atoms with Crippen LogP contribution in [0.15, 0.2) is 18.6 Å². The molecule has 156 valence electrons. The van der Waals surface area contributed by atoms with Crippen molar-refractivity contribution in [2.24, 2.45) is 0 Å². The molecule has 1 aliphatic heterocycles. The molecule has 1 saturated heterocycles. The number of aromatic nitrogens is 5. The number of aryl methyl sites for hydroxylation is 1. The first-order valence-electron chi connectivity index (χ1n) is 9.82. The number of halogens is 1. The molecule has 0 aromatic carbocycles. The number of H-pyrrole nitrogens is 1. The fraction of sp³-hybridized carbons (Fsp3) is 0.421. The molecule has 4 rings (SSSR count). The second-order valence-electron chi connectivity index (χ2n) is 7.12. The molecule has 3 aromatic heterocycles. The minimum absolute atomic E-state index is 0.107. The number of nitriles is 1. The van der Waals surface area contributed by atoms with Crippen LogP contribution in [0.3, 0.4) is 0 Å². The number of carbonyl (C=O) groups excluding carboxylic acids is 1. The van der Waals surface area contributed by atoms with E-state index in [1.165, 1.54) is 6.20 Å². The molecular weight excluding hydrogens is 389 g/mol. The fourth-order valence-electron chi connectivity index (χ4n) is 3.58. The third-order valence-corrected chi connectivity index (χ3v) is 5.04. The van der Waals surface area contributed by atoms with Crippen LogP contribution in [0.4, 0.5) is 21.8 Å². The largest absolute Gasteiger partial charge is 0.365 e. The Bertz CT molecular complexity index is 1100. The Morgan fingerprint density at radius 2 is 2.33 bits per heavy atom. The summed E-state index contributed by atoms with van der Waals surface area (Å²) in [5.74, 6) is 0.00506. The van der Waals surface area contributed by atoms with Gasteiger partial charge >= 0.3 is 0 Å². The lowest BCUT2D eigenvalue weighted by molar-refractivity contribution is -0.131. The van der Waals surface area contributed by atoms with E-state index >= 15 is 0 Å². The number of carbonyl (C=O) groups is 1. The molecule has 1 aliphatic rings. The number of nitrogens with one attached hydrogen (secondary N) is 3. The Kier molecular flexibility index (Phi) is 5.47. The molecule has 0 aliphatic carbocycles. The average molecular weight is 411 g/mol. The van der Waals surface area contributed by atoms with E-state index in [1.807, 2.05) is 19.2 Å². The lowest BCUT2D eigenvalue weighted by Crippen LogP contribution is -2.45. The summed E-state index contributed by atoms with van der Waals surface area (Å²) in [7, 11) is 0. The van der Waals surface area contributed by atoms with E-state index in [0.717, 1.165) is 25.1 Å². The number of likely N-dealkylation sites (tertiary alicyclic amines) is 1. The van der Waals surface area contributed by atoms with Crippen molar-refractivity contribution in [3.8, 4) is 6.07 Å². The van der Waals surface area contributed by atoms with Crippen molar-refractivity contribution < 1.29 is 9.18 Å². The van der Waals surface area contributed by atoms with Gasteiger partial charge in [0.15, 0.2) is 5.82 Å². The average Bonchev–Trinajstić information content (AvgIpc) is 3.35. The van der Waals surface area contributed by atoms with Crippen LogP contribution in [-0.4, -0.2) is 54.7 Å². The van der Waals surface area contributed by atoms with Crippen LogP contribution in [0, 0.1) is 17.1 Å². The molecule has 1 atom stereocenters. The van der Waals surface area contributed by atoms with Gasteiger partial charge in [-0.1, -0.05) is 0 Å². The summed E-state index contributed by atoms with van der Waals surface area (Å²) in [6.45, 7) is 3.77.